The molecule has 1 fully saturated rings. The number of aromatic amines is 1. The molecule has 2 N–H and O–H groups in total. The number of aryl methyl sites for hydroxylation is 1. The molecule has 0 spiro atoms. The summed E-state index contributed by atoms with van der Waals surface area (Å²) < 4.78 is 45.1. The van der Waals surface area contributed by atoms with Gasteiger partial charge in [-0.2, -0.15) is 13.2 Å². The Hall–Kier alpha value is -2.65. The second-order valence-electron chi connectivity index (χ2n) is 7.74. The zero-order chi connectivity index (χ0) is 20.7. The van der Waals surface area contributed by atoms with Crippen LogP contribution in [0.3, 0.4) is 0 Å². The number of rotatable bonds is 3. The van der Waals surface area contributed by atoms with Crippen molar-refractivity contribution in [2.24, 2.45) is 0 Å². The van der Waals surface area contributed by atoms with Crippen molar-refractivity contribution in [1.29, 1.82) is 0 Å². The molecular formula is C21H22F3N5O. The molecule has 30 heavy (non-hydrogen) atoms. The minimum Gasteiger partial charge on any atom is -0.379 e. The molecule has 6 nitrogen and oxygen atoms in total. The second kappa shape index (κ2) is 7.55. The third kappa shape index (κ3) is 3.52. The Morgan fingerprint density at radius 3 is 2.73 bits per heavy atom. The van der Waals surface area contributed by atoms with E-state index in [1.807, 2.05) is 12.1 Å². The molecule has 5 rings (SSSR count). The van der Waals surface area contributed by atoms with Crippen LogP contribution in [0.2, 0.25) is 0 Å². The van der Waals surface area contributed by atoms with Crippen LogP contribution in [0.15, 0.2) is 36.7 Å². The lowest BCUT2D eigenvalue weighted by molar-refractivity contribution is -0.140. The van der Waals surface area contributed by atoms with Gasteiger partial charge in [0.05, 0.1) is 24.6 Å². The minimum atomic E-state index is -4.47. The summed E-state index contributed by atoms with van der Waals surface area (Å²) in [6, 6.07) is 9.43. The average Bonchev–Trinajstić information content (AvgIpc) is 3.21. The number of hydrogen-bond donors (Lipinski definition) is 2. The van der Waals surface area contributed by atoms with Gasteiger partial charge in [0.1, 0.15) is 23.5 Å². The number of nitrogens with one attached hydrogen (secondary N) is 2. The Morgan fingerprint density at radius 1 is 1.13 bits per heavy atom. The molecule has 9 heteroatoms. The van der Waals surface area contributed by atoms with E-state index in [0.717, 1.165) is 32.0 Å². The predicted molar refractivity (Wildman–Crippen MR) is 106 cm³/mol. The van der Waals surface area contributed by atoms with E-state index < -0.39 is 11.9 Å². The normalized spacial score (nSPS) is 22.8. The van der Waals surface area contributed by atoms with Crippen LogP contribution in [0, 0.1) is 0 Å². The van der Waals surface area contributed by atoms with E-state index in [1.54, 1.807) is 0 Å². The largest absolute Gasteiger partial charge is 0.431 e. The van der Waals surface area contributed by atoms with E-state index in [4.69, 9.17) is 4.74 Å². The van der Waals surface area contributed by atoms with Gasteiger partial charge in [-0.05, 0) is 30.0 Å². The molecule has 0 saturated carbocycles. The number of H-pyrrole nitrogens is 1. The zero-order valence-electron chi connectivity index (χ0n) is 16.2. The van der Waals surface area contributed by atoms with Gasteiger partial charge in [0, 0.05) is 19.1 Å². The summed E-state index contributed by atoms with van der Waals surface area (Å²) in [6.45, 7) is 3.06. The van der Waals surface area contributed by atoms with E-state index in [-0.39, 0.29) is 17.7 Å². The number of morpholine rings is 1. The van der Waals surface area contributed by atoms with Crippen molar-refractivity contribution >= 4 is 16.9 Å². The lowest BCUT2D eigenvalue weighted by atomic mass is 9.83. The molecule has 2 aromatic heterocycles. The maximum atomic E-state index is 13.2. The molecule has 0 radical (unpaired) electrons. The average molecular weight is 417 g/mol. The van der Waals surface area contributed by atoms with E-state index in [1.165, 1.54) is 17.5 Å². The Kier molecular flexibility index (Phi) is 4.86. The van der Waals surface area contributed by atoms with Gasteiger partial charge in [-0.25, -0.2) is 9.97 Å². The van der Waals surface area contributed by atoms with Crippen LogP contribution in [0.25, 0.3) is 11.0 Å². The van der Waals surface area contributed by atoms with E-state index in [0.29, 0.717) is 24.4 Å². The Morgan fingerprint density at radius 2 is 1.93 bits per heavy atom. The van der Waals surface area contributed by atoms with E-state index in [9.17, 15) is 13.2 Å². The van der Waals surface area contributed by atoms with Crippen LogP contribution in [0.5, 0.6) is 0 Å². The van der Waals surface area contributed by atoms with Gasteiger partial charge in [0.2, 0.25) is 0 Å². The van der Waals surface area contributed by atoms with E-state index >= 15 is 0 Å². The summed E-state index contributed by atoms with van der Waals surface area (Å²) >= 11 is 0. The molecule has 1 aliphatic heterocycles. The monoisotopic (exact) mass is 417 g/mol. The fraction of sp³-hybridized carbons (Fsp3) is 0.429. The first-order valence-electron chi connectivity index (χ1n) is 10.1. The number of ether oxygens (including phenoxy) is 1. The van der Waals surface area contributed by atoms with Gasteiger partial charge < -0.3 is 15.0 Å². The number of benzene rings is 1. The predicted octanol–water partition coefficient (Wildman–Crippen LogP) is 3.78. The van der Waals surface area contributed by atoms with Crippen LogP contribution in [-0.4, -0.2) is 52.2 Å². The standard InChI is InChI=1S/C21H22F3N5O/c22-21(23,24)17-11-15-19(27-17)25-12-26-20(15)28-18-14-4-2-1-3-13(14)5-6-16(18)29-7-9-30-10-8-29/h1-4,11-12,16,18H,5-10H2,(H2,25,26,27,28)/t16-,18-/m0/s1. The highest BCUT2D eigenvalue weighted by Gasteiger charge is 2.36. The van der Waals surface area contributed by atoms with Gasteiger partial charge in [-0.3, -0.25) is 4.90 Å². The quantitative estimate of drug-likeness (QED) is 0.679. The SMILES string of the molecule is FC(F)(F)c1cc2c(N[C@H]3c4ccccc4CC[C@@H]3N3CCOCC3)ncnc2[nH]1. The lowest BCUT2D eigenvalue weighted by Crippen LogP contribution is -2.49. The fourth-order valence-corrected chi connectivity index (χ4v) is 4.57. The maximum Gasteiger partial charge on any atom is 0.431 e. The highest BCUT2D eigenvalue weighted by Crippen LogP contribution is 2.38. The summed E-state index contributed by atoms with van der Waals surface area (Å²) in [5, 5.41) is 3.81. The summed E-state index contributed by atoms with van der Waals surface area (Å²) in [4.78, 5) is 13.1. The highest BCUT2D eigenvalue weighted by molar-refractivity contribution is 5.88. The van der Waals surface area contributed by atoms with Gasteiger partial charge in [-0.15, -0.1) is 0 Å². The van der Waals surface area contributed by atoms with Crippen LogP contribution >= 0.6 is 0 Å². The Bertz CT molecular complexity index is 1040. The maximum absolute atomic E-state index is 13.2. The number of alkyl halides is 3. The van der Waals surface area contributed by atoms with Gasteiger partial charge in [0.15, 0.2) is 0 Å². The number of nitrogens with zero attached hydrogens (tertiary/aromatic N) is 3. The molecule has 3 aromatic rings. The van der Waals surface area contributed by atoms with Crippen molar-refractivity contribution in [3.8, 4) is 0 Å². The zero-order valence-corrected chi connectivity index (χ0v) is 16.2. The first kappa shape index (κ1) is 19.3. The molecular weight excluding hydrogens is 395 g/mol. The number of aromatic nitrogens is 3. The van der Waals surface area contributed by atoms with Crippen LogP contribution in [-0.2, 0) is 17.3 Å². The summed E-state index contributed by atoms with van der Waals surface area (Å²) in [5.74, 6) is 0.409. The molecule has 158 valence electrons. The molecule has 0 bridgehead atoms. The van der Waals surface area contributed by atoms with Crippen molar-refractivity contribution in [2.75, 3.05) is 31.6 Å². The highest BCUT2D eigenvalue weighted by atomic mass is 19.4. The van der Waals surface area contributed by atoms with Gasteiger partial charge >= 0.3 is 6.18 Å². The van der Waals surface area contributed by atoms with Gasteiger partial charge in [0.25, 0.3) is 0 Å². The molecule has 3 heterocycles. The molecule has 1 aromatic carbocycles. The summed E-state index contributed by atoms with van der Waals surface area (Å²) in [6.07, 6.45) is -1.24. The van der Waals surface area contributed by atoms with Crippen molar-refractivity contribution < 1.29 is 17.9 Å². The Labute approximate surface area is 171 Å². The molecule has 1 aliphatic carbocycles. The second-order valence-corrected chi connectivity index (χ2v) is 7.74. The molecule has 0 amide bonds. The number of hydrogen-bond acceptors (Lipinski definition) is 5. The first-order valence-corrected chi connectivity index (χ1v) is 10.1. The van der Waals surface area contributed by atoms with Crippen molar-refractivity contribution in [1.82, 2.24) is 19.9 Å². The number of fused-ring (bicyclic) bond motifs is 2. The van der Waals surface area contributed by atoms with Gasteiger partial charge in [-0.1, -0.05) is 24.3 Å². The first-order chi connectivity index (χ1) is 14.5. The van der Waals surface area contributed by atoms with Crippen molar-refractivity contribution in [3.63, 3.8) is 0 Å². The number of halogens is 3. The van der Waals surface area contributed by atoms with Crippen LogP contribution < -0.4 is 5.32 Å². The third-order valence-electron chi connectivity index (χ3n) is 6.02. The van der Waals surface area contributed by atoms with Crippen molar-refractivity contribution in [2.45, 2.75) is 31.1 Å². The minimum absolute atomic E-state index is 0.0876. The molecule has 2 aliphatic rings. The van der Waals surface area contributed by atoms with E-state index in [2.05, 4.69) is 37.3 Å². The molecule has 0 unspecified atom stereocenters. The lowest BCUT2D eigenvalue weighted by Gasteiger charge is -2.43. The third-order valence-corrected chi connectivity index (χ3v) is 6.02. The van der Waals surface area contributed by atoms with Crippen molar-refractivity contribution in [3.05, 3.63) is 53.5 Å². The van der Waals surface area contributed by atoms with Crippen LogP contribution in [0.1, 0.15) is 29.3 Å². The number of anilines is 1. The summed E-state index contributed by atoms with van der Waals surface area (Å²) in [7, 11) is 0. The topological polar surface area (TPSA) is 66.1 Å². The smallest absolute Gasteiger partial charge is 0.379 e. The Balaban J connectivity index is 1.54. The summed E-state index contributed by atoms with van der Waals surface area (Å²) in [5.41, 5.74) is 1.77. The van der Waals surface area contributed by atoms with Crippen LogP contribution in [0.4, 0.5) is 19.0 Å². The molecule has 1 saturated heterocycles. The molecule has 2 atom stereocenters. The fourth-order valence-electron chi connectivity index (χ4n) is 4.57.